The lowest BCUT2D eigenvalue weighted by molar-refractivity contribution is -0.129. The van der Waals surface area contributed by atoms with Crippen molar-refractivity contribution in [1.29, 1.82) is 0 Å². The van der Waals surface area contributed by atoms with E-state index >= 15 is 0 Å². The summed E-state index contributed by atoms with van der Waals surface area (Å²) in [5, 5.41) is 45.2. The number of ketones is 1. The number of hydrogen-bond acceptors (Lipinski definition) is 6. The highest BCUT2D eigenvalue weighted by Crippen LogP contribution is 2.25. The normalized spacial score (nSPS) is 14.6. The van der Waals surface area contributed by atoms with E-state index in [2.05, 4.69) is 0 Å². The molecule has 6 nitrogen and oxygen atoms in total. The molecule has 6 heteroatoms. The van der Waals surface area contributed by atoms with E-state index in [1.165, 1.54) is 24.3 Å². The molecule has 0 heterocycles. The lowest BCUT2D eigenvalue weighted by atomic mass is 10.1. The Hall–Kier alpha value is -1.89. The van der Waals surface area contributed by atoms with Gasteiger partial charge in [0.05, 0.1) is 6.61 Å². The van der Waals surface area contributed by atoms with Crippen molar-refractivity contribution in [2.75, 3.05) is 6.61 Å². The zero-order valence-corrected chi connectivity index (χ0v) is 9.39. The Bertz CT molecular complexity index is 454. The van der Waals surface area contributed by atoms with Gasteiger partial charge in [-0.15, -0.1) is 0 Å². The van der Waals surface area contributed by atoms with Gasteiger partial charge < -0.3 is 25.5 Å². The number of aliphatic hydroxyl groups excluding tert-OH is 3. The molecule has 0 aromatic heterocycles. The number of benzene rings is 1. The molecule has 0 bridgehead atoms. The van der Waals surface area contributed by atoms with Crippen molar-refractivity contribution in [3.05, 3.63) is 29.8 Å². The minimum atomic E-state index is -1.70. The third-order valence-corrected chi connectivity index (χ3v) is 2.28. The van der Waals surface area contributed by atoms with Crippen LogP contribution < -0.4 is 0 Å². The SMILES string of the molecule is O=C(C=Cc1ccc(O)c(O)c1)C(O)C(O)CO. The van der Waals surface area contributed by atoms with Gasteiger partial charge in [0.1, 0.15) is 12.2 Å². The van der Waals surface area contributed by atoms with Crippen LogP contribution >= 0.6 is 0 Å². The van der Waals surface area contributed by atoms with Gasteiger partial charge in [0, 0.05) is 0 Å². The number of aliphatic hydroxyl groups is 3. The molecule has 1 aromatic carbocycles. The first-order chi connectivity index (χ1) is 8.45. The molecule has 0 saturated heterocycles. The maximum atomic E-state index is 11.3. The second-order valence-corrected chi connectivity index (χ2v) is 3.68. The number of carbonyl (C=O) groups is 1. The van der Waals surface area contributed by atoms with E-state index in [-0.39, 0.29) is 11.5 Å². The molecule has 0 amide bonds. The zero-order chi connectivity index (χ0) is 13.7. The average Bonchev–Trinajstić information content (AvgIpc) is 2.37. The molecule has 18 heavy (non-hydrogen) atoms. The van der Waals surface area contributed by atoms with Crippen molar-refractivity contribution in [2.45, 2.75) is 12.2 Å². The lowest BCUT2D eigenvalue weighted by Crippen LogP contribution is -2.35. The van der Waals surface area contributed by atoms with Crippen LogP contribution in [-0.2, 0) is 4.79 Å². The molecule has 0 radical (unpaired) electrons. The summed E-state index contributed by atoms with van der Waals surface area (Å²) in [5.41, 5.74) is 0.435. The Morgan fingerprint density at radius 3 is 2.44 bits per heavy atom. The number of carbonyl (C=O) groups excluding carboxylic acids is 1. The molecule has 0 saturated carbocycles. The number of phenols is 2. The van der Waals surface area contributed by atoms with Crippen molar-refractivity contribution in [3.63, 3.8) is 0 Å². The topological polar surface area (TPSA) is 118 Å². The van der Waals surface area contributed by atoms with Gasteiger partial charge in [-0.1, -0.05) is 12.1 Å². The van der Waals surface area contributed by atoms with Crippen molar-refractivity contribution in [3.8, 4) is 11.5 Å². The van der Waals surface area contributed by atoms with Crippen molar-refractivity contribution >= 4 is 11.9 Å². The van der Waals surface area contributed by atoms with E-state index in [1.54, 1.807) is 0 Å². The summed E-state index contributed by atoms with van der Waals surface area (Å²) in [6.07, 6.45) is -0.920. The van der Waals surface area contributed by atoms with Gasteiger partial charge in [-0.2, -0.15) is 0 Å². The lowest BCUT2D eigenvalue weighted by Gasteiger charge is -2.11. The molecule has 1 aromatic rings. The summed E-state index contributed by atoms with van der Waals surface area (Å²) in [6, 6.07) is 3.93. The summed E-state index contributed by atoms with van der Waals surface area (Å²) in [6.45, 7) is -0.721. The highest BCUT2D eigenvalue weighted by Gasteiger charge is 2.20. The molecular formula is C12H14O6. The van der Waals surface area contributed by atoms with E-state index < -0.39 is 24.6 Å². The Labute approximate surface area is 103 Å². The fourth-order valence-electron chi connectivity index (χ4n) is 1.21. The van der Waals surface area contributed by atoms with Crippen LogP contribution in [0, 0.1) is 0 Å². The van der Waals surface area contributed by atoms with Crippen LogP contribution in [0.25, 0.3) is 6.08 Å². The molecule has 0 spiro atoms. The summed E-state index contributed by atoms with van der Waals surface area (Å²) in [5.74, 6) is -1.39. The molecule has 0 aliphatic carbocycles. The Balaban J connectivity index is 2.74. The molecule has 0 aliphatic rings. The number of rotatable bonds is 5. The highest BCUT2D eigenvalue weighted by molar-refractivity contribution is 5.97. The number of aromatic hydroxyl groups is 2. The number of hydrogen-bond donors (Lipinski definition) is 5. The van der Waals surface area contributed by atoms with Crippen LogP contribution in [0.4, 0.5) is 0 Å². The highest BCUT2D eigenvalue weighted by atomic mass is 16.4. The third-order valence-electron chi connectivity index (χ3n) is 2.28. The summed E-state index contributed by atoms with van der Waals surface area (Å²) >= 11 is 0. The van der Waals surface area contributed by atoms with Crippen molar-refractivity contribution < 1.29 is 30.3 Å². The molecule has 98 valence electrons. The Morgan fingerprint density at radius 2 is 1.89 bits per heavy atom. The molecular weight excluding hydrogens is 240 g/mol. The summed E-state index contributed by atoms with van der Waals surface area (Å²) in [4.78, 5) is 11.3. The molecule has 0 aliphatic heterocycles. The predicted octanol–water partition coefficient (Wildman–Crippen LogP) is -0.606. The van der Waals surface area contributed by atoms with Gasteiger partial charge in [-0.3, -0.25) is 4.79 Å². The van der Waals surface area contributed by atoms with E-state index in [9.17, 15) is 15.0 Å². The van der Waals surface area contributed by atoms with Gasteiger partial charge in [0.15, 0.2) is 17.3 Å². The first-order valence-electron chi connectivity index (χ1n) is 5.16. The fourth-order valence-corrected chi connectivity index (χ4v) is 1.21. The second-order valence-electron chi connectivity index (χ2n) is 3.68. The quantitative estimate of drug-likeness (QED) is 0.353. The molecule has 0 fully saturated rings. The van der Waals surface area contributed by atoms with Crippen LogP contribution in [0.2, 0.25) is 0 Å². The van der Waals surface area contributed by atoms with Gasteiger partial charge in [-0.25, -0.2) is 0 Å². The third kappa shape index (κ3) is 3.56. The first-order valence-corrected chi connectivity index (χ1v) is 5.16. The van der Waals surface area contributed by atoms with E-state index in [1.807, 2.05) is 0 Å². The molecule has 2 atom stereocenters. The summed E-state index contributed by atoms with van der Waals surface area (Å²) < 4.78 is 0. The molecule has 1 rings (SSSR count). The van der Waals surface area contributed by atoms with Crippen molar-refractivity contribution in [1.82, 2.24) is 0 Å². The largest absolute Gasteiger partial charge is 0.504 e. The maximum Gasteiger partial charge on any atom is 0.186 e. The van der Waals surface area contributed by atoms with Crippen LogP contribution in [0.1, 0.15) is 5.56 Å². The van der Waals surface area contributed by atoms with Gasteiger partial charge >= 0.3 is 0 Å². The predicted molar refractivity (Wildman–Crippen MR) is 62.9 cm³/mol. The van der Waals surface area contributed by atoms with Crippen LogP contribution in [-0.4, -0.2) is 50.1 Å². The fraction of sp³-hybridized carbons (Fsp3) is 0.250. The Kier molecular flexibility index (Phi) is 4.85. The van der Waals surface area contributed by atoms with Crippen LogP contribution in [0.15, 0.2) is 24.3 Å². The van der Waals surface area contributed by atoms with Gasteiger partial charge in [0.2, 0.25) is 0 Å². The van der Waals surface area contributed by atoms with Crippen LogP contribution in [0.3, 0.4) is 0 Å². The minimum absolute atomic E-state index is 0.283. The first kappa shape index (κ1) is 14.2. The van der Waals surface area contributed by atoms with E-state index in [4.69, 9.17) is 15.3 Å². The zero-order valence-electron chi connectivity index (χ0n) is 9.39. The smallest absolute Gasteiger partial charge is 0.186 e. The summed E-state index contributed by atoms with van der Waals surface area (Å²) in [7, 11) is 0. The Morgan fingerprint density at radius 1 is 1.22 bits per heavy atom. The van der Waals surface area contributed by atoms with Gasteiger partial charge in [-0.05, 0) is 23.8 Å². The van der Waals surface area contributed by atoms with Gasteiger partial charge in [0.25, 0.3) is 0 Å². The minimum Gasteiger partial charge on any atom is -0.504 e. The molecule has 5 N–H and O–H groups in total. The second kappa shape index (κ2) is 6.15. The maximum absolute atomic E-state index is 11.3. The van der Waals surface area contributed by atoms with Crippen molar-refractivity contribution in [2.24, 2.45) is 0 Å². The van der Waals surface area contributed by atoms with E-state index in [0.717, 1.165) is 6.08 Å². The number of phenolic OH excluding ortho intramolecular Hbond substituents is 2. The van der Waals surface area contributed by atoms with E-state index in [0.29, 0.717) is 5.56 Å². The average molecular weight is 254 g/mol. The van der Waals surface area contributed by atoms with Crippen LogP contribution in [0.5, 0.6) is 11.5 Å². The molecule has 2 unspecified atom stereocenters. The monoisotopic (exact) mass is 254 g/mol. The standard InChI is InChI=1S/C12H14O6/c13-6-11(17)12(18)9(15)4-2-7-1-3-8(14)10(16)5-7/h1-5,11-14,16-18H,6H2.